The second-order valence-corrected chi connectivity index (χ2v) is 7.12. The molecule has 2 aromatic rings. The molecule has 1 unspecified atom stereocenters. The minimum atomic E-state index is -0.166. The van der Waals surface area contributed by atoms with Gasteiger partial charge in [0.25, 0.3) is 5.91 Å². The van der Waals surface area contributed by atoms with Crippen molar-refractivity contribution in [2.75, 3.05) is 40.1 Å². The summed E-state index contributed by atoms with van der Waals surface area (Å²) in [5.41, 5.74) is 1.11. The number of nitrogens with one attached hydrogen (secondary N) is 1. The Balaban J connectivity index is 1.38. The average Bonchev–Trinajstić information content (AvgIpc) is 3.44. The molecule has 1 fully saturated rings. The van der Waals surface area contributed by atoms with E-state index in [-0.39, 0.29) is 25.3 Å². The first-order chi connectivity index (χ1) is 14.2. The van der Waals surface area contributed by atoms with Gasteiger partial charge in [0.2, 0.25) is 6.79 Å². The van der Waals surface area contributed by atoms with Crippen LogP contribution in [0.5, 0.6) is 23.0 Å². The van der Waals surface area contributed by atoms with E-state index in [2.05, 4.69) is 10.2 Å². The zero-order chi connectivity index (χ0) is 20.1. The molecule has 1 N–H and O–H groups in total. The number of likely N-dealkylation sites (tertiary alicyclic amines) is 1. The summed E-state index contributed by atoms with van der Waals surface area (Å²) in [5.74, 6) is 2.52. The third kappa shape index (κ3) is 4.56. The van der Waals surface area contributed by atoms with E-state index in [1.807, 2.05) is 30.3 Å². The number of carbonyl (C=O) groups excluding carboxylic acids is 1. The van der Waals surface area contributed by atoms with Gasteiger partial charge in [0, 0.05) is 6.54 Å². The van der Waals surface area contributed by atoms with Crippen molar-refractivity contribution in [2.24, 2.45) is 0 Å². The van der Waals surface area contributed by atoms with Gasteiger partial charge in [-0.15, -0.1) is 0 Å². The van der Waals surface area contributed by atoms with Crippen LogP contribution in [0.15, 0.2) is 42.5 Å². The van der Waals surface area contributed by atoms with Gasteiger partial charge in [0.1, 0.15) is 0 Å². The topological polar surface area (TPSA) is 69.3 Å². The first kappa shape index (κ1) is 19.4. The molecule has 0 bridgehead atoms. The van der Waals surface area contributed by atoms with Gasteiger partial charge < -0.3 is 24.3 Å². The molecule has 4 rings (SSSR count). The number of para-hydroxylation sites is 2. The maximum atomic E-state index is 12.4. The second kappa shape index (κ2) is 9.05. The Morgan fingerprint density at radius 1 is 1.10 bits per heavy atom. The number of ether oxygens (including phenoxy) is 4. The van der Waals surface area contributed by atoms with Crippen molar-refractivity contribution in [1.82, 2.24) is 10.2 Å². The maximum Gasteiger partial charge on any atom is 0.258 e. The highest BCUT2D eigenvalue weighted by Crippen LogP contribution is 2.36. The number of rotatable bonds is 8. The van der Waals surface area contributed by atoms with Gasteiger partial charge in [-0.1, -0.05) is 18.2 Å². The fraction of sp³-hybridized carbons (Fsp3) is 0.409. The van der Waals surface area contributed by atoms with Crippen molar-refractivity contribution >= 4 is 5.91 Å². The standard InChI is InChI=1S/C22H26N2O5/c1-26-18-6-2-3-7-19(18)27-14-22(25)23-13-17(24-10-4-5-11-24)16-8-9-20-21(12-16)29-15-28-20/h2-3,6-9,12,17H,4-5,10-11,13-15H2,1H3,(H,23,25). The normalized spacial score (nSPS) is 16.4. The van der Waals surface area contributed by atoms with E-state index in [9.17, 15) is 4.79 Å². The van der Waals surface area contributed by atoms with Crippen LogP contribution in [0.2, 0.25) is 0 Å². The van der Waals surface area contributed by atoms with Gasteiger partial charge in [-0.05, 0) is 55.8 Å². The molecule has 1 saturated heterocycles. The maximum absolute atomic E-state index is 12.4. The zero-order valence-corrected chi connectivity index (χ0v) is 16.6. The fourth-order valence-electron chi connectivity index (χ4n) is 3.77. The van der Waals surface area contributed by atoms with Crippen LogP contribution in [0.3, 0.4) is 0 Å². The van der Waals surface area contributed by atoms with Gasteiger partial charge >= 0.3 is 0 Å². The van der Waals surface area contributed by atoms with Gasteiger partial charge in [0.15, 0.2) is 29.6 Å². The number of carbonyl (C=O) groups is 1. The molecule has 29 heavy (non-hydrogen) atoms. The molecule has 0 aliphatic carbocycles. The molecular weight excluding hydrogens is 372 g/mol. The number of hydrogen-bond acceptors (Lipinski definition) is 6. The van der Waals surface area contributed by atoms with Crippen molar-refractivity contribution in [3.63, 3.8) is 0 Å². The fourth-order valence-corrected chi connectivity index (χ4v) is 3.77. The van der Waals surface area contributed by atoms with Crippen LogP contribution in [-0.4, -0.2) is 51.0 Å². The highest BCUT2D eigenvalue weighted by atomic mass is 16.7. The van der Waals surface area contributed by atoms with Crippen LogP contribution in [0.25, 0.3) is 0 Å². The van der Waals surface area contributed by atoms with Crippen LogP contribution >= 0.6 is 0 Å². The summed E-state index contributed by atoms with van der Waals surface area (Å²) in [5, 5.41) is 3.02. The molecule has 0 radical (unpaired) electrons. The highest BCUT2D eigenvalue weighted by Gasteiger charge is 2.26. The molecule has 1 atom stereocenters. The lowest BCUT2D eigenvalue weighted by molar-refractivity contribution is -0.123. The van der Waals surface area contributed by atoms with Crippen molar-refractivity contribution in [1.29, 1.82) is 0 Å². The van der Waals surface area contributed by atoms with Crippen molar-refractivity contribution in [3.8, 4) is 23.0 Å². The first-order valence-electron chi connectivity index (χ1n) is 9.90. The molecule has 2 aromatic carbocycles. The second-order valence-electron chi connectivity index (χ2n) is 7.12. The molecule has 2 aliphatic heterocycles. The summed E-state index contributed by atoms with van der Waals surface area (Å²) < 4.78 is 21.8. The molecule has 2 aliphatic rings. The third-order valence-corrected chi connectivity index (χ3v) is 5.28. The Kier molecular flexibility index (Phi) is 6.05. The molecule has 0 aromatic heterocycles. The van der Waals surface area contributed by atoms with E-state index in [1.165, 1.54) is 12.8 Å². The quantitative estimate of drug-likeness (QED) is 0.738. The van der Waals surface area contributed by atoms with Crippen LogP contribution < -0.4 is 24.3 Å². The van der Waals surface area contributed by atoms with Gasteiger partial charge in [-0.2, -0.15) is 0 Å². The Hall–Kier alpha value is -2.93. The largest absolute Gasteiger partial charge is 0.493 e. The highest BCUT2D eigenvalue weighted by molar-refractivity contribution is 5.77. The van der Waals surface area contributed by atoms with E-state index < -0.39 is 0 Å². The lowest BCUT2D eigenvalue weighted by Gasteiger charge is -2.28. The Morgan fingerprint density at radius 2 is 1.86 bits per heavy atom. The van der Waals surface area contributed by atoms with Gasteiger partial charge in [-0.3, -0.25) is 9.69 Å². The SMILES string of the molecule is COc1ccccc1OCC(=O)NCC(c1ccc2c(c1)OCO2)N1CCCC1. The number of benzene rings is 2. The number of nitrogens with zero attached hydrogens (tertiary/aromatic N) is 1. The summed E-state index contributed by atoms with van der Waals surface area (Å²) in [6.45, 7) is 2.74. The van der Waals surface area contributed by atoms with E-state index in [4.69, 9.17) is 18.9 Å². The van der Waals surface area contributed by atoms with E-state index >= 15 is 0 Å². The number of methoxy groups -OCH3 is 1. The van der Waals surface area contributed by atoms with Crippen LogP contribution in [-0.2, 0) is 4.79 Å². The number of hydrogen-bond donors (Lipinski definition) is 1. The molecule has 0 spiro atoms. The lowest BCUT2D eigenvalue weighted by atomic mass is 10.0. The minimum absolute atomic E-state index is 0.0613. The van der Waals surface area contributed by atoms with Crippen LogP contribution in [0, 0.1) is 0 Å². The zero-order valence-electron chi connectivity index (χ0n) is 16.6. The lowest BCUT2D eigenvalue weighted by Crippen LogP contribution is -2.38. The van der Waals surface area contributed by atoms with E-state index in [1.54, 1.807) is 19.2 Å². The summed E-state index contributed by atoms with van der Waals surface area (Å²) in [6, 6.07) is 13.4. The molecule has 2 heterocycles. The molecule has 7 heteroatoms. The molecule has 7 nitrogen and oxygen atoms in total. The Bertz CT molecular complexity index is 851. The van der Waals surface area contributed by atoms with Crippen molar-refractivity contribution in [2.45, 2.75) is 18.9 Å². The summed E-state index contributed by atoms with van der Waals surface area (Å²) in [6.07, 6.45) is 2.35. The number of amides is 1. The smallest absolute Gasteiger partial charge is 0.258 e. The van der Waals surface area contributed by atoms with E-state index in [0.717, 1.165) is 30.2 Å². The van der Waals surface area contributed by atoms with Gasteiger partial charge in [0.05, 0.1) is 13.2 Å². The third-order valence-electron chi connectivity index (χ3n) is 5.28. The van der Waals surface area contributed by atoms with Crippen molar-refractivity contribution in [3.05, 3.63) is 48.0 Å². The van der Waals surface area contributed by atoms with Crippen LogP contribution in [0.1, 0.15) is 24.4 Å². The molecule has 154 valence electrons. The summed E-state index contributed by atoms with van der Waals surface area (Å²) in [4.78, 5) is 14.8. The predicted molar refractivity (Wildman–Crippen MR) is 108 cm³/mol. The monoisotopic (exact) mass is 398 g/mol. The summed E-state index contributed by atoms with van der Waals surface area (Å²) >= 11 is 0. The average molecular weight is 398 g/mol. The first-order valence-corrected chi connectivity index (χ1v) is 9.90. The van der Waals surface area contributed by atoms with E-state index in [0.29, 0.717) is 18.0 Å². The molecule has 1 amide bonds. The summed E-state index contributed by atoms with van der Waals surface area (Å²) in [7, 11) is 1.58. The molecular formula is C22H26N2O5. The van der Waals surface area contributed by atoms with Crippen LogP contribution in [0.4, 0.5) is 0 Å². The molecule has 0 saturated carbocycles. The Labute approximate surface area is 170 Å². The Morgan fingerprint density at radius 3 is 2.66 bits per heavy atom. The predicted octanol–water partition coefficient (Wildman–Crippen LogP) is 2.76. The van der Waals surface area contributed by atoms with Crippen molar-refractivity contribution < 1.29 is 23.7 Å². The number of fused-ring (bicyclic) bond motifs is 1. The minimum Gasteiger partial charge on any atom is -0.493 e. The van der Waals surface area contributed by atoms with Gasteiger partial charge in [-0.25, -0.2) is 0 Å².